The molecule has 2 heterocycles. The van der Waals surface area contributed by atoms with Gasteiger partial charge in [-0.2, -0.15) is 0 Å². The zero-order valence-corrected chi connectivity index (χ0v) is 24.0. The van der Waals surface area contributed by atoms with Crippen LogP contribution in [0.3, 0.4) is 0 Å². The standard InChI is InChI=1S/C35H38N2O3/c1-5-25-14-10-15-26(6-2)34(25)32-21-33(40-30-17-11-16-28(20-30)35(38)39-7-3)31(24(4)36-32)23-37-19-18-27-12-8-9-13-29(27)22-37/h8-17,20-21H,5-7,18-19,22-23H2,1-4H3. The highest BCUT2D eigenvalue weighted by Gasteiger charge is 2.22. The first-order valence-electron chi connectivity index (χ1n) is 14.4. The summed E-state index contributed by atoms with van der Waals surface area (Å²) in [5.41, 5.74) is 9.99. The van der Waals surface area contributed by atoms with E-state index in [-0.39, 0.29) is 5.97 Å². The lowest BCUT2D eigenvalue weighted by Crippen LogP contribution is -2.30. The minimum Gasteiger partial charge on any atom is -0.462 e. The molecule has 0 fully saturated rings. The van der Waals surface area contributed by atoms with Crippen LogP contribution in [0.5, 0.6) is 11.5 Å². The van der Waals surface area contributed by atoms with Crippen molar-refractivity contribution in [2.24, 2.45) is 0 Å². The molecule has 0 saturated heterocycles. The highest BCUT2D eigenvalue weighted by Crippen LogP contribution is 2.36. The maximum absolute atomic E-state index is 12.4. The second-order valence-corrected chi connectivity index (χ2v) is 10.3. The van der Waals surface area contributed by atoms with Crippen molar-refractivity contribution in [1.29, 1.82) is 0 Å². The number of carbonyl (C=O) groups is 1. The van der Waals surface area contributed by atoms with Crippen molar-refractivity contribution >= 4 is 5.97 Å². The van der Waals surface area contributed by atoms with Gasteiger partial charge < -0.3 is 9.47 Å². The Balaban J connectivity index is 1.56. The van der Waals surface area contributed by atoms with Crippen LogP contribution < -0.4 is 4.74 Å². The number of hydrogen-bond acceptors (Lipinski definition) is 5. The Bertz CT molecular complexity index is 1490. The van der Waals surface area contributed by atoms with Crippen molar-refractivity contribution in [3.05, 3.63) is 112 Å². The predicted molar refractivity (Wildman–Crippen MR) is 160 cm³/mol. The average molecular weight is 535 g/mol. The highest BCUT2D eigenvalue weighted by atomic mass is 16.5. The average Bonchev–Trinajstić information content (AvgIpc) is 2.98. The number of pyridine rings is 1. The van der Waals surface area contributed by atoms with Crippen LogP contribution in [0, 0.1) is 6.92 Å². The number of benzene rings is 3. The maximum Gasteiger partial charge on any atom is 0.338 e. The number of ether oxygens (including phenoxy) is 2. The minimum absolute atomic E-state index is 0.330. The number of aryl methyl sites for hydroxylation is 3. The zero-order chi connectivity index (χ0) is 28.1. The number of fused-ring (bicyclic) bond motifs is 1. The smallest absolute Gasteiger partial charge is 0.338 e. The molecule has 0 radical (unpaired) electrons. The molecule has 0 bridgehead atoms. The SMILES string of the molecule is CCOC(=O)c1cccc(Oc2cc(-c3c(CC)cccc3CC)nc(C)c2CN2CCc3ccccc3C2)c1. The Labute approximate surface area is 237 Å². The van der Waals surface area contributed by atoms with Crippen molar-refractivity contribution in [3.8, 4) is 22.8 Å². The minimum atomic E-state index is -0.351. The molecule has 0 spiro atoms. The Kier molecular flexibility index (Phi) is 8.61. The van der Waals surface area contributed by atoms with Gasteiger partial charge in [0.05, 0.1) is 17.9 Å². The molecule has 1 aromatic heterocycles. The van der Waals surface area contributed by atoms with Gasteiger partial charge in [0.15, 0.2) is 0 Å². The molecule has 0 aliphatic carbocycles. The molecule has 5 heteroatoms. The molecule has 0 unspecified atom stereocenters. The zero-order valence-electron chi connectivity index (χ0n) is 24.0. The number of aromatic nitrogens is 1. The molecule has 0 saturated carbocycles. The third-order valence-corrected chi connectivity index (χ3v) is 7.71. The number of esters is 1. The van der Waals surface area contributed by atoms with Gasteiger partial charge in [-0.25, -0.2) is 4.79 Å². The lowest BCUT2D eigenvalue weighted by molar-refractivity contribution is 0.0526. The Morgan fingerprint density at radius 2 is 1.62 bits per heavy atom. The molecule has 1 aliphatic rings. The van der Waals surface area contributed by atoms with E-state index in [1.54, 1.807) is 12.1 Å². The van der Waals surface area contributed by atoms with E-state index in [1.807, 2.05) is 19.1 Å². The molecule has 206 valence electrons. The fraction of sp³-hybridized carbons (Fsp3) is 0.314. The van der Waals surface area contributed by atoms with E-state index in [9.17, 15) is 4.79 Å². The third-order valence-electron chi connectivity index (χ3n) is 7.71. The number of rotatable bonds is 9. The maximum atomic E-state index is 12.4. The summed E-state index contributed by atoms with van der Waals surface area (Å²) in [6, 6.07) is 24.5. The van der Waals surface area contributed by atoms with E-state index in [1.165, 1.54) is 27.8 Å². The number of nitrogens with zero attached hydrogens (tertiary/aromatic N) is 2. The first-order valence-corrected chi connectivity index (χ1v) is 14.4. The monoisotopic (exact) mass is 534 g/mol. The fourth-order valence-electron chi connectivity index (χ4n) is 5.59. The summed E-state index contributed by atoms with van der Waals surface area (Å²) in [4.78, 5) is 20.0. The summed E-state index contributed by atoms with van der Waals surface area (Å²) in [7, 11) is 0. The van der Waals surface area contributed by atoms with Crippen LogP contribution >= 0.6 is 0 Å². The fourth-order valence-corrected chi connectivity index (χ4v) is 5.59. The van der Waals surface area contributed by atoms with Crippen LogP contribution in [0.1, 0.15) is 64.6 Å². The van der Waals surface area contributed by atoms with Gasteiger partial charge in [0.25, 0.3) is 0 Å². The summed E-state index contributed by atoms with van der Waals surface area (Å²) < 4.78 is 11.8. The van der Waals surface area contributed by atoms with E-state index < -0.39 is 0 Å². The summed E-state index contributed by atoms with van der Waals surface area (Å²) >= 11 is 0. The van der Waals surface area contributed by atoms with E-state index in [0.29, 0.717) is 17.9 Å². The number of hydrogen-bond donors (Lipinski definition) is 0. The first-order chi connectivity index (χ1) is 19.5. The Morgan fingerprint density at radius 3 is 2.35 bits per heavy atom. The normalized spacial score (nSPS) is 13.1. The van der Waals surface area contributed by atoms with E-state index in [0.717, 1.165) is 61.6 Å². The van der Waals surface area contributed by atoms with Crippen LogP contribution in [0.15, 0.2) is 72.8 Å². The van der Waals surface area contributed by atoms with Crippen molar-refractivity contribution in [2.75, 3.05) is 13.2 Å². The van der Waals surface area contributed by atoms with E-state index in [4.69, 9.17) is 14.5 Å². The highest BCUT2D eigenvalue weighted by molar-refractivity contribution is 5.89. The Morgan fingerprint density at radius 1 is 0.900 bits per heavy atom. The van der Waals surface area contributed by atoms with Crippen LogP contribution in [-0.4, -0.2) is 29.0 Å². The quantitative estimate of drug-likeness (QED) is 0.206. The summed E-state index contributed by atoms with van der Waals surface area (Å²) in [5.74, 6) is 1.03. The van der Waals surface area contributed by atoms with Crippen LogP contribution in [-0.2, 0) is 37.1 Å². The van der Waals surface area contributed by atoms with Crippen LogP contribution in [0.4, 0.5) is 0 Å². The molecule has 3 aromatic carbocycles. The van der Waals surface area contributed by atoms with Gasteiger partial charge in [0.2, 0.25) is 0 Å². The molecule has 5 rings (SSSR count). The molecule has 0 amide bonds. The Hall–Kier alpha value is -3.96. The van der Waals surface area contributed by atoms with Crippen LogP contribution in [0.25, 0.3) is 11.3 Å². The summed E-state index contributed by atoms with van der Waals surface area (Å²) in [6.45, 7) is 11.2. The molecular formula is C35H38N2O3. The molecule has 5 nitrogen and oxygen atoms in total. The molecule has 1 aliphatic heterocycles. The lowest BCUT2D eigenvalue weighted by atomic mass is 9.94. The second kappa shape index (κ2) is 12.5. The van der Waals surface area contributed by atoms with Crippen molar-refractivity contribution in [1.82, 2.24) is 9.88 Å². The first kappa shape index (κ1) is 27.6. The molecule has 4 aromatic rings. The van der Waals surface area contributed by atoms with Gasteiger partial charge in [-0.1, -0.05) is 62.4 Å². The van der Waals surface area contributed by atoms with Gasteiger partial charge in [0, 0.05) is 42.5 Å². The molecular weight excluding hydrogens is 496 g/mol. The molecule has 0 N–H and O–H groups in total. The third kappa shape index (κ3) is 5.95. The largest absolute Gasteiger partial charge is 0.462 e. The topological polar surface area (TPSA) is 51.7 Å². The van der Waals surface area contributed by atoms with Gasteiger partial charge in [-0.3, -0.25) is 9.88 Å². The van der Waals surface area contributed by atoms with E-state index >= 15 is 0 Å². The summed E-state index contributed by atoms with van der Waals surface area (Å²) in [6.07, 6.45) is 2.88. The molecule has 0 atom stereocenters. The van der Waals surface area contributed by atoms with Crippen molar-refractivity contribution < 1.29 is 14.3 Å². The van der Waals surface area contributed by atoms with Gasteiger partial charge >= 0.3 is 5.97 Å². The van der Waals surface area contributed by atoms with Gasteiger partial charge in [-0.15, -0.1) is 0 Å². The van der Waals surface area contributed by atoms with Gasteiger partial charge in [-0.05, 0) is 73.6 Å². The lowest BCUT2D eigenvalue weighted by Gasteiger charge is -2.30. The van der Waals surface area contributed by atoms with Gasteiger partial charge in [0.1, 0.15) is 11.5 Å². The van der Waals surface area contributed by atoms with Crippen molar-refractivity contribution in [3.63, 3.8) is 0 Å². The molecule has 40 heavy (non-hydrogen) atoms. The summed E-state index contributed by atoms with van der Waals surface area (Å²) in [5, 5.41) is 0. The van der Waals surface area contributed by atoms with E-state index in [2.05, 4.69) is 74.2 Å². The predicted octanol–water partition coefficient (Wildman–Crippen LogP) is 7.71. The van der Waals surface area contributed by atoms with Crippen LogP contribution in [0.2, 0.25) is 0 Å². The van der Waals surface area contributed by atoms with Crippen molar-refractivity contribution in [2.45, 2.75) is 60.0 Å². The number of carbonyl (C=O) groups excluding carboxylic acids is 1. The second-order valence-electron chi connectivity index (χ2n) is 10.3.